The number of aliphatic hydroxyl groups excluding tert-OH is 4. The molecule has 0 aromatic heterocycles. The van der Waals surface area contributed by atoms with Crippen molar-refractivity contribution in [2.24, 2.45) is 0 Å². The number of nitriles is 1. The highest BCUT2D eigenvalue weighted by Gasteiger charge is 2.44. The Hall–Kier alpha value is -1.69. The second-order valence-electron chi connectivity index (χ2n) is 4.42. The lowest BCUT2D eigenvalue weighted by atomic mass is 9.99. The van der Waals surface area contributed by atoms with Crippen LogP contribution in [0, 0.1) is 11.3 Å². The van der Waals surface area contributed by atoms with E-state index in [4.69, 9.17) is 19.8 Å². The first-order chi connectivity index (χ1) is 9.58. The summed E-state index contributed by atoms with van der Waals surface area (Å²) >= 11 is 0. The molecule has 0 spiro atoms. The first kappa shape index (κ1) is 14.7. The number of para-hydroxylation sites is 1. The summed E-state index contributed by atoms with van der Waals surface area (Å²) in [6.45, 7) is -0.537. The summed E-state index contributed by atoms with van der Waals surface area (Å²) in [5.41, 5.74) is 0.240. The summed E-state index contributed by atoms with van der Waals surface area (Å²) in [6, 6.07) is 8.25. The van der Waals surface area contributed by atoms with Gasteiger partial charge in [0.15, 0.2) is 0 Å². The molecule has 1 aliphatic rings. The van der Waals surface area contributed by atoms with Crippen LogP contribution in [0.5, 0.6) is 5.75 Å². The largest absolute Gasteiger partial charge is 0.461 e. The van der Waals surface area contributed by atoms with E-state index in [1.807, 2.05) is 6.07 Å². The summed E-state index contributed by atoms with van der Waals surface area (Å²) in [7, 11) is 0. The van der Waals surface area contributed by atoms with Crippen LogP contribution in [-0.4, -0.2) is 57.7 Å². The number of hydrogen-bond acceptors (Lipinski definition) is 7. The van der Waals surface area contributed by atoms with Crippen LogP contribution in [0.1, 0.15) is 5.56 Å². The topological polar surface area (TPSA) is 123 Å². The van der Waals surface area contributed by atoms with E-state index in [-0.39, 0.29) is 11.3 Å². The Bertz CT molecular complexity index is 500. The molecule has 1 aromatic carbocycles. The maximum Gasteiger partial charge on any atom is 0.229 e. The Morgan fingerprint density at radius 2 is 1.85 bits per heavy atom. The fourth-order valence-electron chi connectivity index (χ4n) is 1.95. The molecule has 0 radical (unpaired) electrons. The standard InChI is InChI=1S/C13H15NO6/c14-5-7-3-1-2-4-8(7)19-13-12(18)11(17)10(16)9(6-15)20-13/h1-4,9-13,15-18H,6H2/t9-,10-,11+,12+,13+/m1/s1. The van der Waals surface area contributed by atoms with Crippen molar-refractivity contribution >= 4 is 0 Å². The minimum absolute atomic E-state index is 0.180. The first-order valence-corrected chi connectivity index (χ1v) is 6.04. The molecular weight excluding hydrogens is 266 g/mol. The van der Waals surface area contributed by atoms with Gasteiger partial charge in [0.05, 0.1) is 12.2 Å². The van der Waals surface area contributed by atoms with Crippen molar-refractivity contribution in [3.05, 3.63) is 29.8 Å². The van der Waals surface area contributed by atoms with Crippen LogP contribution in [0.3, 0.4) is 0 Å². The number of rotatable bonds is 3. The second-order valence-corrected chi connectivity index (χ2v) is 4.42. The molecule has 1 aromatic rings. The maximum absolute atomic E-state index is 9.82. The van der Waals surface area contributed by atoms with Crippen LogP contribution >= 0.6 is 0 Å². The van der Waals surface area contributed by atoms with Gasteiger partial charge < -0.3 is 29.9 Å². The Morgan fingerprint density at radius 3 is 2.50 bits per heavy atom. The van der Waals surface area contributed by atoms with E-state index in [9.17, 15) is 15.3 Å². The fourth-order valence-corrected chi connectivity index (χ4v) is 1.95. The minimum atomic E-state index is -1.51. The van der Waals surface area contributed by atoms with E-state index in [0.29, 0.717) is 0 Å². The van der Waals surface area contributed by atoms with Gasteiger partial charge in [0, 0.05) is 0 Å². The second kappa shape index (κ2) is 6.17. The predicted molar refractivity (Wildman–Crippen MR) is 65.6 cm³/mol. The van der Waals surface area contributed by atoms with Gasteiger partial charge in [-0.2, -0.15) is 5.26 Å². The summed E-state index contributed by atoms with van der Waals surface area (Å²) in [5.74, 6) is 0.180. The molecule has 20 heavy (non-hydrogen) atoms. The molecule has 0 aliphatic carbocycles. The highest BCUT2D eigenvalue weighted by molar-refractivity contribution is 5.42. The van der Waals surface area contributed by atoms with E-state index in [1.165, 1.54) is 12.1 Å². The van der Waals surface area contributed by atoms with Crippen LogP contribution in [0.25, 0.3) is 0 Å². The summed E-state index contributed by atoms with van der Waals surface area (Å²) in [5, 5.41) is 47.1. The van der Waals surface area contributed by atoms with E-state index in [2.05, 4.69) is 0 Å². The van der Waals surface area contributed by atoms with Crippen molar-refractivity contribution < 1.29 is 29.9 Å². The molecule has 1 heterocycles. The SMILES string of the molecule is N#Cc1ccccc1O[C@H]1O[C@H](CO)[C@@H](O)[C@H](O)[C@@H]1O. The Morgan fingerprint density at radius 1 is 1.15 bits per heavy atom. The molecule has 1 saturated heterocycles. The summed E-state index contributed by atoms with van der Waals surface area (Å²) in [6.07, 6.45) is -6.80. The fraction of sp³-hybridized carbons (Fsp3) is 0.462. The van der Waals surface area contributed by atoms with Crippen LogP contribution in [0.4, 0.5) is 0 Å². The van der Waals surface area contributed by atoms with Gasteiger partial charge >= 0.3 is 0 Å². The van der Waals surface area contributed by atoms with Crippen LogP contribution in [-0.2, 0) is 4.74 Å². The zero-order chi connectivity index (χ0) is 14.7. The van der Waals surface area contributed by atoms with Crippen molar-refractivity contribution in [1.82, 2.24) is 0 Å². The molecule has 1 fully saturated rings. The van der Waals surface area contributed by atoms with E-state index in [0.717, 1.165) is 0 Å². The lowest BCUT2D eigenvalue weighted by Crippen LogP contribution is -2.60. The molecule has 1 aliphatic heterocycles. The number of hydrogen-bond donors (Lipinski definition) is 4. The Kier molecular flexibility index (Phi) is 4.54. The Balaban J connectivity index is 2.18. The van der Waals surface area contributed by atoms with Crippen molar-refractivity contribution in [3.8, 4) is 11.8 Å². The molecule has 7 heteroatoms. The van der Waals surface area contributed by atoms with E-state index >= 15 is 0 Å². The smallest absolute Gasteiger partial charge is 0.229 e. The quantitative estimate of drug-likeness (QED) is 0.545. The van der Waals surface area contributed by atoms with Gasteiger partial charge in [-0.15, -0.1) is 0 Å². The number of ether oxygens (including phenoxy) is 2. The van der Waals surface area contributed by atoms with Crippen molar-refractivity contribution in [1.29, 1.82) is 5.26 Å². The highest BCUT2D eigenvalue weighted by Crippen LogP contribution is 2.25. The molecule has 7 nitrogen and oxygen atoms in total. The molecular formula is C13H15NO6. The van der Waals surface area contributed by atoms with Crippen LogP contribution in [0.2, 0.25) is 0 Å². The molecule has 0 bridgehead atoms. The van der Waals surface area contributed by atoms with Crippen LogP contribution in [0.15, 0.2) is 24.3 Å². The van der Waals surface area contributed by atoms with E-state index in [1.54, 1.807) is 12.1 Å². The summed E-state index contributed by atoms with van der Waals surface area (Å²) in [4.78, 5) is 0. The van der Waals surface area contributed by atoms with Gasteiger partial charge in [0.2, 0.25) is 6.29 Å². The number of nitrogens with zero attached hydrogens (tertiary/aromatic N) is 1. The first-order valence-electron chi connectivity index (χ1n) is 6.04. The van der Waals surface area contributed by atoms with Gasteiger partial charge in [0.25, 0.3) is 0 Å². The lowest BCUT2D eigenvalue weighted by molar-refractivity contribution is -0.277. The minimum Gasteiger partial charge on any atom is -0.461 e. The lowest BCUT2D eigenvalue weighted by Gasteiger charge is -2.39. The zero-order valence-corrected chi connectivity index (χ0v) is 10.5. The van der Waals surface area contributed by atoms with Gasteiger partial charge in [-0.3, -0.25) is 0 Å². The van der Waals surface area contributed by atoms with Crippen molar-refractivity contribution in [2.75, 3.05) is 6.61 Å². The third-order valence-electron chi connectivity index (χ3n) is 3.10. The average Bonchev–Trinajstić information content (AvgIpc) is 2.48. The van der Waals surface area contributed by atoms with Gasteiger partial charge in [-0.25, -0.2) is 0 Å². The average molecular weight is 281 g/mol. The molecule has 4 N–H and O–H groups in total. The molecule has 108 valence electrons. The van der Waals surface area contributed by atoms with Gasteiger partial charge in [-0.05, 0) is 12.1 Å². The normalized spacial score (nSPS) is 33.5. The van der Waals surface area contributed by atoms with E-state index < -0.39 is 37.3 Å². The van der Waals surface area contributed by atoms with Gasteiger partial charge in [0.1, 0.15) is 36.2 Å². The molecule has 0 unspecified atom stereocenters. The maximum atomic E-state index is 9.82. The van der Waals surface area contributed by atoms with Gasteiger partial charge in [-0.1, -0.05) is 12.1 Å². The monoisotopic (exact) mass is 281 g/mol. The Labute approximate surface area is 115 Å². The molecule has 0 amide bonds. The number of aliphatic hydroxyl groups is 4. The predicted octanol–water partition coefficient (Wildman–Crippen LogP) is -1.26. The third kappa shape index (κ3) is 2.75. The third-order valence-corrected chi connectivity index (χ3v) is 3.10. The van der Waals surface area contributed by atoms with Crippen molar-refractivity contribution in [3.63, 3.8) is 0 Å². The number of benzene rings is 1. The zero-order valence-electron chi connectivity index (χ0n) is 10.5. The molecule has 0 saturated carbocycles. The summed E-state index contributed by atoms with van der Waals surface area (Å²) < 4.78 is 10.6. The molecule has 5 atom stereocenters. The molecule has 2 rings (SSSR count). The van der Waals surface area contributed by atoms with Crippen molar-refractivity contribution in [2.45, 2.75) is 30.7 Å². The van der Waals surface area contributed by atoms with Crippen LogP contribution < -0.4 is 4.74 Å². The highest BCUT2D eigenvalue weighted by atomic mass is 16.7.